The molecular weight excluding hydrogens is 348 g/mol. The fourth-order valence-electron chi connectivity index (χ4n) is 4.59. The summed E-state index contributed by atoms with van der Waals surface area (Å²) >= 11 is 1.74. The lowest BCUT2D eigenvalue weighted by molar-refractivity contribution is -0.144. The molecule has 3 atom stereocenters. The Morgan fingerprint density at radius 3 is 2.58 bits per heavy atom. The quantitative estimate of drug-likeness (QED) is 0.838. The van der Waals surface area contributed by atoms with E-state index in [1.54, 1.807) is 11.3 Å². The average Bonchev–Trinajstić information content (AvgIpc) is 3.11. The normalized spacial score (nSPS) is 28.4. The van der Waals surface area contributed by atoms with Gasteiger partial charge in [-0.1, -0.05) is 39.0 Å². The summed E-state index contributed by atoms with van der Waals surface area (Å²) in [7, 11) is 0. The Morgan fingerprint density at radius 2 is 1.96 bits per heavy atom. The van der Waals surface area contributed by atoms with Crippen molar-refractivity contribution in [1.29, 1.82) is 0 Å². The van der Waals surface area contributed by atoms with Crippen molar-refractivity contribution in [2.75, 3.05) is 24.5 Å². The maximum Gasteiger partial charge on any atom is 0.252 e. The zero-order chi connectivity index (χ0) is 18.6. The summed E-state index contributed by atoms with van der Waals surface area (Å²) in [6.45, 7) is 11.3. The van der Waals surface area contributed by atoms with Gasteiger partial charge < -0.3 is 20.2 Å². The number of piperazine rings is 1. The van der Waals surface area contributed by atoms with Crippen LogP contribution in [0.15, 0.2) is 0 Å². The first kappa shape index (κ1) is 18.2. The van der Waals surface area contributed by atoms with Crippen molar-refractivity contribution < 1.29 is 9.90 Å². The molecule has 1 aromatic heterocycles. The first-order chi connectivity index (χ1) is 12.3. The van der Waals surface area contributed by atoms with Gasteiger partial charge >= 0.3 is 0 Å². The standard InChI is InChI=1S/C19H30N4O2S/c1-11(2)15(24)17(25)22-9-14-16(19(3,4)10-22)21-18(26-14)23-12-5-6-13(23)8-20-7-12/h11-13,15,20,24H,5-10H2,1-4H3. The third kappa shape index (κ3) is 2.94. The molecule has 0 radical (unpaired) electrons. The van der Waals surface area contributed by atoms with E-state index >= 15 is 0 Å². The van der Waals surface area contributed by atoms with Crippen LogP contribution in [0.25, 0.3) is 0 Å². The number of aromatic nitrogens is 1. The Balaban J connectivity index is 1.62. The summed E-state index contributed by atoms with van der Waals surface area (Å²) in [4.78, 5) is 23.3. The molecule has 144 valence electrons. The smallest absolute Gasteiger partial charge is 0.252 e. The minimum Gasteiger partial charge on any atom is -0.383 e. The molecule has 4 heterocycles. The lowest BCUT2D eigenvalue weighted by Gasteiger charge is -2.38. The first-order valence-corrected chi connectivity index (χ1v) is 10.6. The number of hydrogen-bond acceptors (Lipinski definition) is 6. The number of hydrogen-bond donors (Lipinski definition) is 2. The predicted octanol–water partition coefficient (Wildman–Crippen LogP) is 1.72. The van der Waals surface area contributed by atoms with Crippen molar-refractivity contribution in [3.8, 4) is 0 Å². The lowest BCUT2D eigenvalue weighted by atomic mass is 9.84. The summed E-state index contributed by atoms with van der Waals surface area (Å²) in [5, 5.41) is 14.9. The number of nitrogens with one attached hydrogen (secondary N) is 1. The zero-order valence-electron chi connectivity index (χ0n) is 16.2. The highest BCUT2D eigenvalue weighted by atomic mass is 32.1. The van der Waals surface area contributed by atoms with Crippen LogP contribution in [0.3, 0.4) is 0 Å². The number of thiazole rings is 1. The van der Waals surface area contributed by atoms with Gasteiger partial charge in [0, 0.05) is 42.0 Å². The van der Waals surface area contributed by atoms with Gasteiger partial charge in [0.1, 0.15) is 6.10 Å². The molecule has 2 saturated heterocycles. The number of nitrogens with zero attached hydrogens (tertiary/aromatic N) is 3. The van der Waals surface area contributed by atoms with Crippen LogP contribution >= 0.6 is 11.3 Å². The predicted molar refractivity (Wildman–Crippen MR) is 104 cm³/mol. The van der Waals surface area contributed by atoms with Crippen LogP contribution in [0.5, 0.6) is 0 Å². The molecule has 0 aliphatic carbocycles. The molecule has 2 bridgehead atoms. The number of anilines is 1. The molecule has 3 aliphatic heterocycles. The third-order valence-electron chi connectivity index (χ3n) is 6.04. The van der Waals surface area contributed by atoms with Crippen molar-refractivity contribution in [3.05, 3.63) is 10.6 Å². The highest BCUT2D eigenvalue weighted by molar-refractivity contribution is 7.15. The molecule has 6 nitrogen and oxygen atoms in total. The summed E-state index contributed by atoms with van der Waals surface area (Å²) < 4.78 is 0. The molecule has 2 fully saturated rings. The van der Waals surface area contributed by atoms with Crippen LogP contribution < -0.4 is 10.2 Å². The van der Waals surface area contributed by atoms with E-state index in [4.69, 9.17) is 4.98 Å². The van der Waals surface area contributed by atoms with Crippen molar-refractivity contribution in [2.45, 2.75) is 70.7 Å². The van der Waals surface area contributed by atoms with Gasteiger partial charge in [0.2, 0.25) is 0 Å². The molecule has 1 aromatic rings. The van der Waals surface area contributed by atoms with E-state index in [-0.39, 0.29) is 17.2 Å². The Hall–Kier alpha value is -1.18. The van der Waals surface area contributed by atoms with Gasteiger partial charge in [-0.3, -0.25) is 4.79 Å². The number of amides is 1. The minimum atomic E-state index is -0.927. The molecule has 3 aliphatic rings. The average molecular weight is 379 g/mol. The van der Waals surface area contributed by atoms with E-state index in [0.717, 1.165) is 23.9 Å². The number of fused-ring (bicyclic) bond motifs is 3. The summed E-state index contributed by atoms with van der Waals surface area (Å²) in [6.07, 6.45) is 1.54. The maximum absolute atomic E-state index is 12.7. The van der Waals surface area contributed by atoms with E-state index in [1.807, 2.05) is 18.7 Å². The molecule has 0 aromatic carbocycles. The third-order valence-corrected chi connectivity index (χ3v) is 7.10. The van der Waals surface area contributed by atoms with Crippen LogP contribution in [-0.2, 0) is 16.8 Å². The number of rotatable bonds is 3. The summed E-state index contributed by atoms with van der Waals surface area (Å²) in [6, 6.07) is 1.09. The second kappa shape index (κ2) is 6.46. The van der Waals surface area contributed by atoms with Crippen molar-refractivity contribution >= 4 is 22.4 Å². The lowest BCUT2D eigenvalue weighted by Crippen LogP contribution is -2.52. The zero-order valence-corrected chi connectivity index (χ0v) is 17.0. The van der Waals surface area contributed by atoms with Gasteiger partial charge in [0.05, 0.1) is 12.2 Å². The van der Waals surface area contributed by atoms with E-state index in [9.17, 15) is 9.90 Å². The van der Waals surface area contributed by atoms with Crippen molar-refractivity contribution in [2.24, 2.45) is 5.92 Å². The molecule has 7 heteroatoms. The van der Waals surface area contributed by atoms with Crippen LogP contribution in [-0.4, -0.2) is 58.7 Å². The molecule has 4 rings (SSSR count). The second-order valence-electron chi connectivity index (χ2n) is 8.99. The van der Waals surface area contributed by atoms with Gasteiger partial charge in [-0.05, 0) is 18.8 Å². The van der Waals surface area contributed by atoms with Crippen LogP contribution in [0.2, 0.25) is 0 Å². The number of aliphatic hydroxyl groups is 1. The van der Waals surface area contributed by atoms with Gasteiger partial charge in [0.25, 0.3) is 5.91 Å². The van der Waals surface area contributed by atoms with Gasteiger partial charge in [-0.25, -0.2) is 4.98 Å². The summed E-state index contributed by atoms with van der Waals surface area (Å²) in [5.74, 6) is -0.226. The van der Waals surface area contributed by atoms with E-state index in [0.29, 0.717) is 25.2 Å². The second-order valence-corrected chi connectivity index (χ2v) is 10.0. The highest BCUT2D eigenvalue weighted by Gasteiger charge is 2.42. The Labute approximate surface area is 159 Å². The summed E-state index contributed by atoms with van der Waals surface area (Å²) in [5.41, 5.74) is 0.945. The Bertz CT molecular complexity index is 686. The molecule has 0 spiro atoms. The molecular formula is C19H30N4O2S. The largest absolute Gasteiger partial charge is 0.383 e. The maximum atomic E-state index is 12.7. The molecule has 2 N–H and O–H groups in total. The van der Waals surface area contributed by atoms with Crippen LogP contribution in [0.1, 0.15) is 51.1 Å². The Kier molecular flexibility index (Phi) is 4.52. The highest BCUT2D eigenvalue weighted by Crippen LogP contribution is 2.42. The van der Waals surface area contributed by atoms with E-state index in [1.165, 1.54) is 17.7 Å². The minimum absolute atomic E-state index is 0.0690. The first-order valence-electron chi connectivity index (χ1n) is 9.74. The fourth-order valence-corrected chi connectivity index (χ4v) is 5.99. The van der Waals surface area contributed by atoms with Gasteiger partial charge in [-0.15, -0.1) is 0 Å². The number of aliphatic hydroxyl groups excluding tert-OH is 1. The molecule has 3 unspecified atom stereocenters. The van der Waals surface area contributed by atoms with Gasteiger partial charge in [-0.2, -0.15) is 0 Å². The number of carbonyl (C=O) groups is 1. The molecule has 1 amide bonds. The van der Waals surface area contributed by atoms with E-state index < -0.39 is 6.10 Å². The molecule has 26 heavy (non-hydrogen) atoms. The Morgan fingerprint density at radius 1 is 1.31 bits per heavy atom. The van der Waals surface area contributed by atoms with Crippen LogP contribution in [0.4, 0.5) is 5.13 Å². The SMILES string of the molecule is CC(C)C(O)C(=O)N1Cc2sc(N3C4CCC3CNC4)nc2C(C)(C)C1. The topological polar surface area (TPSA) is 68.7 Å². The van der Waals surface area contributed by atoms with E-state index in [2.05, 4.69) is 24.1 Å². The molecule has 0 saturated carbocycles. The van der Waals surface area contributed by atoms with Crippen molar-refractivity contribution in [3.63, 3.8) is 0 Å². The van der Waals surface area contributed by atoms with Crippen molar-refractivity contribution in [1.82, 2.24) is 15.2 Å². The fraction of sp³-hybridized carbons (Fsp3) is 0.789. The number of carbonyl (C=O) groups excluding carboxylic acids is 1. The monoisotopic (exact) mass is 378 g/mol. The van der Waals surface area contributed by atoms with Crippen LogP contribution in [0, 0.1) is 5.92 Å². The van der Waals surface area contributed by atoms with Gasteiger partial charge in [0.15, 0.2) is 5.13 Å².